The first-order valence-corrected chi connectivity index (χ1v) is 8.60. The Morgan fingerprint density at radius 2 is 1.83 bits per heavy atom. The number of para-hydroxylation sites is 1. The molecule has 2 aromatic rings. The fourth-order valence-electron chi connectivity index (χ4n) is 2.67. The van der Waals surface area contributed by atoms with Gasteiger partial charge >= 0.3 is 0 Å². The molecule has 1 fully saturated rings. The maximum Gasteiger partial charge on any atom is 0.229 e. The molecule has 5 atom stereocenters. The van der Waals surface area contributed by atoms with Gasteiger partial charge in [0, 0.05) is 6.42 Å². The maximum atomic E-state index is 10.1. The van der Waals surface area contributed by atoms with E-state index in [9.17, 15) is 20.4 Å². The fourth-order valence-corrected chi connectivity index (χ4v) is 3.34. The third-order valence-corrected chi connectivity index (χ3v) is 4.77. The molecule has 5 unspecified atom stereocenters. The lowest BCUT2D eigenvalue weighted by Crippen LogP contribution is -2.60. The highest BCUT2D eigenvalue weighted by atomic mass is 32.1. The number of hydrogen-bond donors (Lipinski definition) is 4. The van der Waals surface area contributed by atoms with Gasteiger partial charge < -0.3 is 29.9 Å². The molecule has 4 N–H and O–H groups in total. The summed E-state index contributed by atoms with van der Waals surface area (Å²) in [5, 5.41) is 43.0. The molecular weight excluding hydrogens is 332 g/mol. The van der Waals surface area contributed by atoms with Crippen LogP contribution in [0.15, 0.2) is 41.1 Å². The Labute approximate surface area is 143 Å². The largest absolute Gasteiger partial charge is 0.462 e. The van der Waals surface area contributed by atoms with Crippen molar-refractivity contribution < 1.29 is 29.9 Å². The Morgan fingerprint density at radius 3 is 2.54 bits per heavy atom. The van der Waals surface area contributed by atoms with Crippen LogP contribution in [0.4, 0.5) is 0 Å². The molecule has 0 aliphatic carbocycles. The molecule has 1 aliphatic rings. The van der Waals surface area contributed by atoms with Crippen molar-refractivity contribution in [3.05, 3.63) is 52.2 Å². The zero-order valence-corrected chi connectivity index (χ0v) is 13.7. The third-order valence-electron chi connectivity index (χ3n) is 4.04. The summed E-state index contributed by atoms with van der Waals surface area (Å²) in [4.78, 5) is 0. The minimum atomic E-state index is -1.45. The monoisotopic (exact) mass is 352 g/mol. The predicted molar refractivity (Wildman–Crippen MR) is 88.0 cm³/mol. The Kier molecular flexibility index (Phi) is 5.50. The molecule has 1 aromatic heterocycles. The molecule has 0 spiro atoms. The van der Waals surface area contributed by atoms with E-state index in [4.69, 9.17) is 9.47 Å². The van der Waals surface area contributed by atoms with Gasteiger partial charge in [0.2, 0.25) is 6.29 Å². The number of hydrogen-bond acceptors (Lipinski definition) is 7. The number of aliphatic hydroxyl groups is 4. The first-order valence-electron chi connectivity index (χ1n) is 7.66. The Bertz CT molecular complexity index is 644. The number of ether oxygens (including phenoxy) is 2. The molecule has 1 aromatic carbocycles. The normalized spacial score (nSPS) is 30.2. The molecule has 6 nitrogen and oxygen atoms in total. The van der Waals surface area contributed by atoms with Gasteiger partial charge in [0.25, 0.3) is 0 Å². The summed E-state index contributed by atoms with van der Waals surface area (Å²) in [7, 11) is 0. The average molecular weight is 352 g/mol. The van der Waals surface area contributed by atoms with Crippen molar-refractivity contribution >= 4 is 11.3 Å². The summed E-state index contributed by atoms with van der Waals surface area (Å²) in [5.41, 5.74) is 2.05. The van der Waals surface area contributed by atoms with Crippen molar-refractivity contribution in [3.63, 3.8) is 0 Å². The van der Waals surface area contributed by atoms with Crippen LogP contribution >= 0.6 is 11.3 Å². The first kappa shape index (κ1) is 17.3. The number of thiophene rings is 1. The smallest absolute Gasteiger partial charge is 0.229 e. The first-order chi connectivity index (χ1) is 11.6. The van der Waals surface area contributed by atoms with Gasteiger partial charge in [-0.2, -0.15) is 11.3 Å². The quantitative estimate of drug-likeness (QED) is 0.626. The Balaban J connectivity index is 1.78. The van der Waals surface area contributed by atoms with Gasteiger partial charge in [-0.1, -0.05) is 18.2 Å². The van der Waals surface area contributed by atoms with Crippen LogP contribution in [0.5, 0.6) is 5.75 Å². The van der Waals surface area contributed by atoms with E-state index in [1.807, 2.05) is 29.0 Å². The molecule has 24 heavy (non-hydrogen) atoms. The van der Waals surface area contributed by atoms with Crippen LogP contribution in [-0.2, 0) is 11.2 Å². The molecule has 0 amide bonds. The highest BCUT2D eigenvalue weighted by Gasteiger charge is 2.44. The second-order valence-electron chi connectivity index (χ2n) is 5.73. The second kappa shape index (κ2) is 7.60. The molecule has 0 bridgehead atoms. The zero-order valence-electron chi connectivity index (χ0n) is 12.9. The topological polar surface area (TPSA) is 99.4 Å². The lowest BCUT2D eigenvalue weighted by molar-refractivity contribution is -0.277. The summed E-state index contributed by atoms with van der Waals surface area (Å²) in [5.74, 6) is 0.521. The van der Waals surface area contributed by atoms with Gasteiger partial charge in [-0.3, -0.25) is 0 Å². The lowest BCUT2D eigenvalue weighted by Gasteiger charge is -2.39. The van der Waals surface area contributed by atoms with Gasteiger partial charge in [-0.15, -0.1) is 0 Å². The van der Waals surface area contributed by atoms with Gasteiger partial charge in [0.1, 0.15) is 30.2 Å². The molecular formula is C17H20O6S. The van der Waals surface area contributed by atoms with Crippen LogP contribution in [0.25, 0.3) is 0 Å². The van der Waals surface area contributed by atoms with Crippen LogP contribution in [0.2, 0.25) is 0 Å². The van der Waals surface area contributed by atoms with E-state index in [0.29, 0.717) is 12.2 Å². The average Bonchev–Trinajstić information content (AvgIpc) is 3.10. The number of benzene rings is 1. The van der Waals surface area contributed by atoms with Crippen molar-refractivity contribution in [2.75, 3.05) is 6.61 Å². The predicted octanol–water partition coefficient (Wildman–Crippen LogP) is 0.518. The molecule has 0 radical (unpaired) electrons. The SMILES string of the molecule is OCC1OC(Oc2ccccc2Cc2ccsc2)C(O)C(O)C1O. The van der Waals surface area contributed by atoms with Gasteiger partial charge in [0.15, 0.2) is 0 Å². The zero-order chi connectivity index (χ0) is 17.1. The summed E-state index contributed by atoms with van der Waals surface area (Å²) in [6.45, 7) is -0.485. The highest BCUT2D eigenvalue weighted by molar-refractivity contribution is 7.07. The van der Waals surface area contributed by atoms with E-state index in [-0.39, 0.29) is 0 Å². The van der Waals surface area contributed by atoms with Crippen LogP contribution in [0, 0.1) is 0 Å². The van der Waals surface area contributed by atoms with Crippen molar-refractivity contribution in [1.82, 2.24) is 0 Å². The van der Waals surface area contributed by atoms with E-state index in [2.05, 4.69) is 0 Å². The van der Waals surface area contributed by atoms with Gasteiger partial charge in [-0.25, -0.2) is 0 Å². The lowest BCUT2D eigenvalue weighted by atomic mass is 9.99. The molecule has 7 heteroatoms. The summed E-state index contributed by atoms with van der Waals surface area (Å²) in [6.07, 6.45) is -5.77. The van der Waals surface area contributed by atoms with Crippen LogP contribution < -0.4 is 4.74 Å². The Morgan fingerprint density at radius 1 is 1.04 bits per heavy atom. The highest BCUT2D eigenvalue weighted by Crippen LogP contribution is 2.28. The minimum absolute atomic E-state index is 0.485. The summed E-state index contributed by atoms with van der Waals surface area (Å²) in [6, 6.07) is 9.38. The van der Waals surface area contributed by atoms with Gasteiger partial charge in [0.05, 0.1) is 6.61 Å². The number of aliphatic hydroxyl groups excluding tert-OH is 4. The van der Waals surface area contributed by atoms with Crippen molar-refractivity contribution in [1.29, 1.82) is 0 Å². The molecule has 1 saturated heterocycles. The van der Waals surface area contributed by atoms with E-state index in [1.54, 1.807) is 23.5 Å². The molecule has 2 heterocycles. The van der Waals surface area contributed by atoms with Crippen molar-refractivity contribution in [2.24, 2.45) is 0 Å². The third kappa shape index (κ3) is 3.61. The van der Waals surface area contributed by atoms with E-state index in [1.165, 1.54) is 0 Å². The molecule has 130 valence electrons. The van der Waals surface area contributed by atoms with Crippen molar-refractivity contribution in [3.8, 4) is 5.75 Å². The van der Waals surface area contributed by atoms with Crippen LogP contribution in [-0.4, -0.2) is 57.7 Å². The van der Waals surface area contributed by atoms with E-state index in [0.717, 1.165) is 11.1 Å². The van der Waals surface area contributed by atoms with Crippen LogP contribution in [0.3, 0.4) is 0 Å². The van der Waals surface area contributed by atoms with Crippen LogP contribution in [0.1, 0.15) is 11.1 Å². The fraction of sp³-hybridized carbons (Fsp3) is 0.412. The van der Waals surface area contributed by atoms with E-state index < -0.39 is 37.3 Å². The number of rotatable bonds is 5. The molecule has 0 saturated carbocycles. The minimum Gasteiger partial charge on any atom is -0.462 e. The molecule has 1 aliphatic heterocycles. The standard InChI is InChI=1S/C17H20O6S/c18-8-13-14(19)15(20)16(21)17(23-13)22-12-4-2-1-3-11(12)7-10-5-6-24-9-10/h1-6,9,13-21H,7-8H2. The second-order valence-corrected chi connectivity index (χ2v) is 6.51. The Hall–Kier alpha value is -1.48. The summed E-state index contributed by atoms with van der Waals surface area (Å²) < 4.78 is 11.1. The maximum absolute atomic E-state index is 10.1. The van der Waals surface area contributed by atoms with Gasteiger partial charge in [-0.05, 0) is 34.0 Å². The molecule has 3 rings (SSSR count). The van der Waals surface area contributed by atoms with E-state index >= 15 is 0 Å². The van der Waals surface area contributed by atoms with Crippen molar-refractivity contribution in [2.45, 2.75) is 37.1 Å². The summed E-state index contributed by atoms with van der Waals surface area (Å²) >= 11 is 1.61.